The summed E-state index contributed by atoms with van der Waals surface area (Å²) in [4.78, 5) is 22.5. The zero-order valence-corrected chi connectivity index (χ0v) is 16.0. The molecule has 29 heavy (non-hydrogen) atoms. The number of non-ortho nitro benzene ring substituents is 1. The maximum absolute atomic E-state index is 12.2. The van der Waals surface area contributed by atoms with Gasteiger partial charge < -0.3 is 20.1 Å². The lowest BCUT2D eigenvalue weighted by molar-refractivity contribution is -0.384. The van der Waals surface area contributed by atoms with E-state index in [2.05, 4.69) is 10.6 Å². The van der Waals surface area contributed by atoms with Crippen molar-refractivity contribution >= 4 is 17.3 Å². The molecule has 0 bridgehead atoms. The zero-order valence-electron chi connectivity index (χ0n) is 16.0. The van der Waals surface area contributed by atoms with E-state index in [1.54, 1.807) is 26.4 Å². The first-order valence-corrected chi connectivity index (χ1v) is 8.59. The van der Waals surface area contributed by atoms with Crippen LogP contribution in [0, 0.1) is 21.4 Å². The minimum atomic E-state index is -0.550. The van der Waals surface area contributed by atoms with E-state index in [1.165, 1.54) is 24.4 Å². The number of nitriles is 1. The van der Waals surface area contributed by atoms with E-state index < -0.39 is 10.8 Å². The Morgan fingerprint density at radius 2 is 1.97 bits per heavy atom. The number of ether oxygens (including phenoxy) is 2. The van der Waals surface area contributed by atoms with Gasteiger partial charge in [0.05, 0.1) is 19.1 Å². The van der Waals surface area contributed by atoms with E-state index in [9.17, 15) is 20.2 Å². The van der Waals surface area contributed by atoms with Gasteiger partial charge in [-0.2, -0.15) is 5.26 Å². The van der Waals surface area contributed by atoms with Gasteiger partial charge in [0, 0.05) is 30.6 Å². The summed E-state index contributed by atoms with van der Waals surface area (Å²) in [5, 5.41) is 25.4. The van der Waals surface area contributed by atoms with E-state index in [0.717, 1.165) is 5.56 Å². The number of nitro groups is 1. The molecule has 2 N–H and O–H groups in total. The summed E-state index contributed by atoms with van der Waals surface area (Å²) in [7, 11) is 3.09. The maximum atomic E-state index is 12.2. The maximum Gasteiger partial charge on any atom is 0.271 e. The average molecular weight is 396 g/mol. The molecule has 2 aromatic rings. The van der Waals surface area contributed by atoms with Gasteiger partial charge in [-0.05, 0) is 30.2 Å². The fourth-order valence-corrected chi connectivity index (χ4v) is 2.47. The summed E-state index contributed by atoms with van der Waals surface area (Å²) in [5.74, 6) is 0.656. The summed E-state index contributed by atoms with van der Waals surface area (Å²) >= 11 is 0. The Hall–Kier alpha value is -4.06. The molecule has 9 heteroatoms. The van der Waals surface area contributed by atoms with Crippen LogP contribution in [0.4, 0.5) is 11.4 Å². The highest BCUT2D eigenvalue weighted by molar-refractivity contribution is 5.97. The molecule has 2 rings (SSSR count). The van der Waals surface area contributed by atoms with E-state index in [1.807, 2.05) is 18.2 Å². The molecule has 9 nitrogen and oxygen atoms in total. The van der Waals surface area contributed by atoms with Gasteiger partial charge in [-0.15, -0.1) is 0 Å². The van der Waals surface area contributed by atoms with Gasteiger partial charge in [0.1, 0.15) is 11.6 Å². The van der Waals surface area contributed by atoms with Gasteiger partial charge in [0.25, 0.3) is 11.6 Å². The Morgan fingerprint density at radius 1 is 1.21 bits per heavy atom. The quantitative estimate of drug-likeness (QED) is 0.289. The lowest BCUT2D eigenvalue weighted by atomic mass is 10.1. The first-order chi connectivity index (χ1) is 14.0. The van der Waals surface area contributed by atoms with E-state index in [4.69, 9.17) is 9.47 Å². The van der Waals surface area contributed by atoms with E-state index >= 15 is 0 Å². The summed E-state index contributed by atoms with van der Waals surface area (Å²) < 4.78 is 10.4. The highest BCUT2D eigenvalue weighted by Crippen LogP contribution is 2.27. The fourth-order valence-electron chi connectivity index (χ4n) is 2.47. The SMILES string of the molecule is COc1ccc(CCNC(=O)/C(C#N)=C\Nc2cccc([N+](=O)[O-])c2)cc1OC. The van der Waals surface area contributed by atoms with Crippen LogP contribution in [0.3, 0.4) is 0 Å². The molecule has 0 radical (unpaired) electrons. The summed E-state index contributed by atoms with van der Waals surface area (Å²) in [6, 6.07) is 13.0. The molecule has 0 aliphatic carbocycles. The number of nitrogens with zero attached hydrogens (tertiary/aromatic N) is 2. The third-order valence-electron chi connectivity index (χ3n) is 3.95. The molecule has 0 unspecified atom stereocenters. The van der Waals surface area contributed by atoms with Crippen molar-refractivity contribution in [3.63, 3.8) is 0 Å². The van der Waals surface area contributed by atoms with Crippen molar-refractivity contribution in [2.24, 2.45) is 0 Å². The van der Waals surface area contributed by atoms with Crippen molar-refractivity contribution < 1.29 is 19.2 Å². The van der Waals surface area contributed by atoms with Gasteiger partial charge in [0.15, 0.2) is 11.5 Å². The van der Waals surface area contributed by atoms with Crippen molar-refractivity contribution in [2.45, 2.75) is 6.42 Å². The zero-order chi connectivity index (χ0) is 21.2. The Labute approximate surface area is 167 Å². The Kier molecular flexibility index (Phi) is 7.56. The molecule has 150 valence electrons. The molecule has 2 aromatic carbocycles. The van der Waals surface area contributed by atoms with Crippen LogP contribution in [0.1, 0.15) is 5.56 Å². The lowest BCUT2D eigenvalue weighted by Crippen LogP contribution is -2.27. The minimum Gasteiger partial charge on any atom is -0.493 e. The lowest BCUT2D eigenvalue weighted by Gasteiger charge is -2.10. The standard InChI is InChI=1S/C20H20N4O5/c1-28-18-7-6-14(10-19(18)29-2)8-9-22-20(25)15(12-21)13-23-16-4-3-5-17(11-16)24(26)27/h3-7,10-11,13,23H,8-9H2,1-2H3,(H,22,25)/b15-13-. The molecule has 1 amide bonds. The van der Waals surface area contributed by atoms with Crippen LogP contribution in [0.2, 0.25) is 0 Å². The van der Waals surface area contributed by atoms with Crippen LogP contribution in [0.5, 0.6) is 11.5 Å². The smallest absolute Gasteiger partial charge is 0.271 e. The number of nitrogens with one attached hydrogen (secondary N) is 2. The van der Waals surface area contributed by atoms with Crippen LogP contribution in [0.25, 0.3) is 0 Å². The average Bonchev–Trinajstić information content (AvgIpc) is 2.74. The van der Waals surface area contributed by atoms with Crippen molar-refractivity contribution in [2.75, 3.05) is 26.1 Å². The van der Waals surface area contributed by atoms with E-state index in [-0.39, 0.29) is 11.3 Å². The monoisotopic (exact) mass is 396 g/mol. The molecule has 0 aliphatic rings. The third kappa shape index (κ3) is 5.97. The predicted molar refractivity (Wildman–Crippen MR) is 107 cm³/mol. The molecule has 0 aromatic heterocycles. The van der Waals surface area contributed by atoms with Crippen molar-refractivity contribution in [3.05, 3.63) is 69.9 Å². The van der Waals surface area contributed by atoms with Crippen LogP contribution in [-0.2, 0) is 11.2 Å². The number of methoxy groups -OCH3 is 2. The van der Waals surface area contributed by atoms with Crippen molar-refractivity contribution in [3.8, 4) is 17.6 Å². The highest BCUT2D eigenvalue weighted by Gasteiger charge is 2.10. The number of anilines is 1. The predicted octanol–water partition coefficient (Wildman–Crippen LogP) is 2.79. The first-order valence-electron chi connectivity index (χ1n) is 8.59. The second-order valence-corrected chi connectivity index (χ2v) is 5.82. The number of amides is 1. The molecular weight excluding hydrogens is 376 g/mol. The minimum absolute atomic E-state index is 0.0960. The summed E-state index contributed by atoms with van der Waals surface area (Å²) in [6.45, 7) is 0.310. The fraction of sp³-hybridized carbons (Fsp3) is 0.200. The summed E-state index contributed by atoms with van der Waals surface area (Å²) in [5.41, 5.74) is 1.08. The normalized spacial score (nSPS) is 10.6. The van der Waals surface area contributed by atoms with Crippen LogP contribution >= 0.6 is 0 Å². The van der Waals surface area contributed by atoms with E-state index in [0.29, 0.717) is 30.2 Å². The van der Waals surface area contributed by atoms with Gasteiger partial charge >= 0.3 is 0 Å². The molecule has 0 saturated heterocycles. The molecule has 0 aliphatic heterocycles. The number of carbonyl (C=O) groups is 1. The van der Waals surface area contributed by atoms with Gasteiger partial charge in [-0.3, -0.25) is 14.9 Å². The number of benzene rings is 2. The molecular formula is C20H20N4O5. The van der Waals surface area contributed by atoms with Crippen molar-refractivity contribution in [1.82, 2.24) is 5.32 Å². The summed E-state index contributed by atoms with van der Waals surface area (Å²) in [6.07, 6.45) is 1.74. The van der Waals surface area contributed by atoms with Crippen LogP contribution in [0.15, 0.2) is 54.2 Å². The Balaban J connectivity index is 1.94. The van der Waals surface area contributed by atoms with Gasteiger partial charge in [-0.25, -0.2) is 0 Å². The second-order valence-electron chi connectivity index (χ2n) is 5.82. The number of hydrogen-bond donors (Lipinski definition) is 2. The molecule has 0 saturated carbocycles. The second kappa shape index (κ2) is 10.3. The van der Waals surface area contributed by atoms with Crippen LogP contribution < -0.4 is 20.1 Å². The number of carbonyl (C=O) groups excluding carboxylic acids is 1. The van der Waals surface area contributed by atoms with Gasteiger partial charge in [-0.1, -0.05) is 12.1 Å². The Morgan fingerprint density at radius 3 is 2.62 bits per heavy atom. The topological polar surface area (TPSA) is 127 Å². The number of rotatable bonds is 9. The third-order valence-corrected chi connectivity index (χ3v) is 3.95. The Bertz CT molecular complexity index is 966. The van der Waals surface area contributed by atoms with Crippen molar-refractivity contribution in [1.29, 1.82) is 5.26 Å². The van der Waals surface area contributed by atoms with Crippen LogP contribution in [-0.4, -0.2) is 31.6 Å². The molecule has 0 fully saturated rings. The largest absolute Gasteiger partial charge is 0.493 e. The number of hydrogen-bond acceptors (Lipinski definition) is 7. The van der Waals surface area contributed by atoms with Gasteiger partial charge in [0.2, 0.25) is 0 Å². The molecule has 0 spiro atoms. The molecule has 0 atom stereocenters. The number of nitro benzene ring substituents is 1. The molecule has 0 heterocycles. The highest BCUT2D eigenvalue weighted by atomic mass is 16.6. The first kappa shape index (κ1) is 21.2.